The summed E-state index contributed by atoms with van der Waals surface area (Å²) in [7, 11) is 1.53. The first-order chi connectivity index (χ1) is 17.6. The molecule has 2 amide bonds. The summed E-state index contributed by atoms with van der Waals surface area (Å²) in [5.41, 5.74) is 4.13. The highest BCUT2D eigenvalue weighted by atomic mass is 16.5. The summed E-state index contributed by atoms with van der Waals surface area (Å²) in [6.45, 7) is 2.58. The van der Waals surface area contributed by atoms with Gasteiger partial charge in [0.15, 0.2) is 18.1 Å². The molecule has 1 heterocycles. The monoisotopic (exact) mass is 484 g/mol. The molecular weight excluding hydrogens is 456 g/mol. The summed E-state index contributed by atoms with van der Waals surface area (Å²) in [6.07, 6.45) is 1.74. The Morgan fingerprint density at radius 2 is 1.75 bits per heavy atom. The van der Waals surface area contributed by atoms with Gasteiger partial charge in [0.1, 0.15) is 0 Å². The van der Waals surface area contributed by atoms with Crippen LogP contribution < -0.4 is 20.1 Å². The Morgan fingerprint density at radius 1 is 0.917 bits per heavy atom. The highest BCUT2D eigenvalue weighted by Gasteiger charge is 2.12. The first-order valence-corrected chi connectivity index (χ1v) is 11.6. The standard InChI is InChI=1S/C28H28N4O4/c1-3-29-27(33)19-36-25-13-12-20(16-26(25)35-2)18-30-28(34)22-10-7-11-23(17-22)32-24(14-15-31-32)21-8-5-4-6-9-21/h4-17H,3,18-19H2,1-2H3,(H,29,33)(H,30,34). The van der Waals surface area contributed by atoms with E-state index in [9.17, 15) is 9.59 Å². The van der Waals surface area contributed by atoms with Gasteiger partial charge in [-0.25, -0.2) is 4.68 Å². The van der Waals surface area contributed by atoms with Crippen LogP contribution in [0.25, 0.3) is 16.9 Å². The molecule has 0 spiro atoms. The molecule has 2 N–H and O–H groups in total. The molecule has 0 bridgehead atoms. The molecule has 3 aromatic carbocycles. The van der Waals surface area contributed by atoms with Gasteiger partial charge in [-0.15, -0.1) is 0 Å². The zero-order chi connectivity index (χ0) is 25.3. The van der Waals surface area contributed by atoms with Crippen LogP contribution in [0.15, 0.2) is 85.1 Å². The molecule has 4 rings (SSSR count). The minimum atomic E-state index is -0.208. The van der Waals surface area contributed by atoms with Gasteiger partial charge >= 0.3 is 0 Å². The molecular formula is C28H28N4O4. The van der Waals surface area contributed by atoms with Gasteiger partial charge in [-0.2, -0.15) is 5.10 Å². The maximum absolute atomic E-state index is 12.9. The average molecular weight is 485 g/mol. The molecule has 4 aromatic rings. The Kier molecular flexibility index (Phi) is 7.97. The second-order valence-corrected chi connectivity index (χ2v) is 7.95. The first-order valence-electron chi connectivity index (χ1n) is 11.6. The number of hydrogen-bond acceptors (Lipinski definition) is 5. The predicted molar refractivity (Wildman–Crippen MR) is 137 cm³/mol. The molecule has 8 heteroatoms. The van der Waals surface area contributed by atoms with Crippen molar-refractivity contribution in [3.8, 4) is 28.4 Å². The van der Waals surface area contributed by atoms with Gasteiger partial charge in [-0.05, 0) is 48.9 Å². The highest BCUT2D eigenvalue weighted by Crippen LogP contribution is 2.28. The lowest BCUT2D eigenvalue weighted by atomic mass is 10.1. The molecule has 0 radical (unpaired) electrons. The molecule has 0 aliphatic heterocycles. The molecule has 184 valence electrons. The predicted octanol–water partition coefficient (Wildman–Crippen LogP) is 3.99. The quantitative estimate of drug-likeness (QED) is 0.355. The zero-order valence-corrected chi connectivity index (χ0v) is 20.2. The number of ether oxygens (including phenoxy) is 2. The summed E-state index contributed by atoms with van der Waals surface area (Å²) in [5.74, 6) is 0.532. The molecule has 8 nitrogen and oxygen atoms in total. The molecule has 0 unspecified atom stereocenters. The lowest BCUT2D eigenvalue weighted by molar-refractivity contribution is -0.123. The number of hydrogen-bond donors (Lipinski definition) is 2. The fourth-order valence-electron chi connectivity index (χ4n) is 3.73. The van der Waals surface area contributed by atoms with Gasteiger partial charge < -0.3 is 20.1 Å². The van der Waals surface area contributed by atoms with E-state index in [-0.39, 0.29) is 18.4 Å². The first kappa shape index (κ1) is 24.5. The smallest absolute Gasteiger partial charge is 0.257 e. The third kappa shape index (κ3) is 5.90. The van der Waals surface area contributed by atoms with Crippen LogP contribution in [0.1, 0.15) is 22.8 Å². The Morgan fingerprint density at radius 3 is 2.53 bits per heavy atom. The number of nitrogens with zero attached hydrogens (tertiary/aromatic N) is 2. The van der Waals surface area contributed by atoms with Gasteiger partial charge in [0.2, 0.25) is 0 Å². The molecule has 0 saturated carbocycles. The fraction of sp³-hybridized carbons (Fsp3) is 0.179. The van der Waals surface area contributed by atoms with Crippen LogP contribution in [-0.2, 0) is 11.3 Å². The minimum absolute atomic E-state index is 0.0984. The summed E-state index contributed by atoms with van der Waals surface area (Å²) in [5, 5.41) is 10.1. The number of methoxy groups -OCH3 is 1. The van der Waals surface area contributed by atoms with Crippen molar-refractivity contribution in [2.24, 2.45) is 0 Å². The largest absolute Gasteiger partial charge is 0.493 e. The third-order valence-corrected chi connectivity index (χ3v) is 5.48. The van der Waals surface area contributed by atoms with E-state index in [2.05, 4.69) is 15.7 Å². The highest BCUT2D eigenvalue weighted by molar-refractivity contribution is 5.94. The van der Waals surface area contributed by atoms with Crippen molar-refractivity contribution >= 4 is 11.8 Å². The van der Waals surface area contributed by atoms with Crippen molar-refractivity contribution in [2.75, 3.05) is 20.3 Å². The van der Waals surface area contributed by atoms with Gasteiger partial charge in [0.05, 0.1) is 24.7 Å². The topological polar surface area (TPSA) is 94.5 Å². The van der Waals surface area contributed by atoms with E-state index < -0.39 is 0 Å². The number of carbonyl (C=O) groups is 2. The third-order valence-electron chi connectivity index (χ3n) is 5.48. The van der Waals surface area contributed by atoms with Crippen LogP contribution in [-0.4, -0.2) is 41.9 Å². The van der Waals surface area contributed by atoms with Gasteiger partial charge in [-0.1, -0.05) is 42.5 Å². The van der Waals surface area contributed by atoms with E-state index in [1.54, 1.807) is 24.4 Å². The number of benzene rings is 3. The Bertz CT molecular complexity index is 1330. The summed E-state index contributed by atoms with van der Waals surface area (Å²) >= 11 is 0. The number of carbonyl (C=O) groups excluding carboxylic acids is 2. The van der Waals surface area contributed by atoms with Crippen molar-refractivity contribution < 1.29 is 19.1 Å². The number of nitrogens with one attached hydrogen (secondary N) is 2. The van der Waals surface area contributed by atoms with Crippen molar-refractivity contribution in [3.63, 3.8) is 0 Å². The molecule has 0 atom stereocenters. The number of aromatic nitrogens is 2. The molecule has 0 aliphatic carbocycles. The Balaban J connectivity index is 1.43. The second-order valence-electron chi connectivity index (χ2n) is 7.95. The number of rotatable bonds is 10. The van der Waals surface area contributed by atoms with Gasteiger partial charge in [0, 0.05) is 24.2 Å². The van der Waals surface area contributed by atoms with Gasteiger partial charge in [0.25, 0.3) is 11.8 Å². The summed E-state index contributed by atoms with van der Waals surface area (Å²) in [6, 6.07) is 24.6. The number of likely N-dealkylation sites (N-methyl/N-ethyl adjacent to an activating group) is 1. The van der Waals surface area contributed by atoms with E-state index in [0.29, 0.717) is 30.2 Å². The van der Waals surface area contributed by atoms with E-state index in [0.717, 1.165) is 22.5 Å². The molecule has 0 fully saturated rings. The van der Waals surface area contributed by atoms with Crippen molar-refractivity contribution in [1.29, 1.82) is 0 Å². The van der Waals surface area contributed by atoms with E-state index in [1.807, 2.05) is 72.3 Å². The van der Waals surface area contributed by atoms with Crippen LogP contribution in [0.5, 0.6) is 11.5 Å². The average Bonchev–Trinajstić information content (AvgIpc) is 3.41. The van der Waals surface area contributed by atoms with Crippen LogP contribution >= 0.6 is 0 Å². The maximum Gasteiger partial charge on any atom is 0.257 e. The molecule has 1 aromatic heterocycles. The van der Waals surface area contributed by atoms with Crippen molar-refractivity contribution in [2.45, 2.75) is 13.5 Å². The van der Waals surface area contributed by atoms with E-state index in [4.69, 9.17) is 9.47 Å². The minimum Gasteiger partial charge on any atom is -0.493 e. The second kappa shape index (κ2) is 11.7. The maximum atomic E-state index is 12.9. The summed E-state index contributed by atoms with van der Waals surface area (Å²) < 4.78 is 12.8. The number of amides is 2. The van der Waals surface area contributed by atoms with Crippen LogP contribution in [0.3, 0.4) is 0 Å². The normalized spacial score (nSPS) is 10.5. The van der Waals surface area contributed by atoms with Crippen molar-refractivity contribution in [3.05, 3.63) is 96.2 Å². The van der Waals surface area contributed by atoms with E-state index in [1.165, 1.54) is 7.11 Å². The Labute approximate surface area is 209 Å². The fourth-order valence-corrected chi connectivity index (χ4v) is 3.73. The summed E-state index contributed by atoms with van der Waals surface area (Å²) in [4.78, 5) is 24.6. The molecule has 0 saturated heterocycles. The van der Waals surface area contributed by atoms with Crippen LogP contribution in [0.2, 0.25) is 0 Å². The van der Waals surface area contributed by atoms with Crippen molar-refractivity contribution in [1.82, 2.24) is 20.4 Å². The lowest BCUT2D eigenvalue weighted by Crippen LogP contribution is -2.28. The zero-order valence-electron chi connectivity index (χ0n) is 20.2. The molecule has 36 heavy (non-hydrogen) atoms. The van der Waals surface area contributed by atoms with Crippen LogP contribution in [0.4, 0.5) is 0 Å². The van der Waals surface area contributed by atoms with E-state index >= 15 is 0 Å². The lowest BCUT2D eigenvalue weighted by Gasteiger charge is -2.13. The Hall–Kier alpha value is -4.59. The molecule has 0 aliphatic rings. The van der Waals surface area contributed by atoms with Crippen LogP contribution in [0, 0.1) is 0 Å². The van der Waals surface area contributed by atoms with Gasteiger partial charge in [-0.3, -0.25) is 9.59 Å². The SMILES string of the molecule is CCNC(=O)COc1ccc(CNC(=O)c2cccc(-n3nccc3-c3ccccc3)c2)cc1OC.